The van der Waals surface area contributed by atoms with Gasteiger partial charge in [0.15, 0.2) is 0 Å². The minimum absolute atomic E-state index is 0.690. The fraction of sp³-hybridized carbons (Fsp3) is 0.250. The molecule has 2 rings (SSSR count). The summed E-state index contributed by atoms with van der Waals surface area (Å²) < 4.78 is 7.10. The van der Waals surface area contributed by atoms with Crippen LogP contribution in [0.4, 0.5) is 11.4 Å². The second kappa shape index (κ2) is 5.25. The Bertz CT molecular complexity index is 467. The maximum Gasteiger partial charge on any atom is 0.121 e. The van der Waals surface area contributed by atoms with Crippen molar-refractivity contribution >= 4 is 11.4 Å². The van der Waals surface area contributed by atoms with Gasteiger partial charge < -0.3 is 20.4 Å². The molecule has 0 saturated carbocycles. The average Bonchev–Trinajstić information content (AvgIpc) is 2.84. The Morgan fingerprint density at radius 1 is 1.47 bits per heavy atom. The number of hydrogen-bond donors (Lipinski definition) is 2. The first-order chi connectivity index (χ1) is 8.29. The molecule has 0 aliphatic rings. The van der Waals surface area contributed by atoms with Gasteiger partial charge in [0.2, 0.25) is 0 Å². The SMILES string of the molecule is COc1ccc(NCCn2ccnc2)c(N)c1. The molecular weight excluding hydrogens is 216 g/mol. The smallest absolute Gasteiger partial charge is 0.121 e. The van der Waals surface area contributed by atoms with Crippen molar-refractivity contribution in [3.8, 4) is 5.75 Å². The summed E-state index contributed by atoms with van der Waals surface area (Å²) in [5, 5.41) is 3.27. The fourth-order valence-electron chi connectivity index (χ4n) is 1.57. The Balaban J connectivity index is 1.90. The molecule has 0 unspecified atom stereocenters. The van der Waals surface area contributed by atoms with Crippen molar-refractivity contribution in [2.24, 2.45) is 0 Å². The summed E-state index contributed by atoms with van der Waals surface area (Å²) in [7, 11) is 1.63. The Morgan fingerprint density at radius 2 is 2.35 bits per heavy atom. The van der Waals surface area contributed by atoms with Crippen LogP contribution < -0.4 is 15.8 Å². The highest BCUT2D eigenvalue weighted by Crippen LogP contribution is 2.23. The molecule has 0 aliphatic carbocycles. The van der Waals surface area contributed by atoms with Gasteiger partial charge in [-0.3, -0.25) is 0 Å². The lowest BCUT2D eigenvalue weighted by atomic mass is 10.2. The molecule has 3 N–H and O–H groups in total. The lowest BCUT2D eigenvalue weighted by Gasteiger charge is -2.10. The van der Waals surface area contributed by atoms with Gasteiger partial charge in [0, 0.05) is 31.5 Å². The molecule has 1 aromatic heterocycles. The summed E-state index contributed by atoms with van der Waals surface area (Å²) in [5.74, 6) is 0.766. The molecule has 0 saturated heterocycles. The Morgan fingerprint density at radius 3 is 3.00 bits per heavy atom. The summed E-state index contributed by atoms with van der Waals surface area (Å²) in [6, 6.07) is 5.61. The molecule has 1 aromatic carbocycles. The maximum absolute atomic E-state index is 5.89. The number of nitrogens with one attached hydrogen (secondary N) is 1. The summed E-state index contributed by atoms with van der Waals surface area (Å²) in [5.41, 5.74) is 7.51. The standard InChI is InChI=1S/C12H16N4O/c1-17-10-2-3-12(11(13)8-10)15-5-7-16-6-4-14-9-16/h2-4,6,8-9,15H,5,7,13H2,1H3. The molecule has 0 aliphatic heterocycles. The molecule has 0 atom stereocenters. The van der Waals surface area contributed by atoms with E-state index in [0.717, 1.165) is 24.5 Å². The first-order valence-corrected chi connectivity index (χ1v) is 5.42. The number of benzene rings is 1. The van der Waals surface area contributed by atoms with Gasteiger partial charge in [-0.2, -0.15) is 0 Å². The molecule has 17 heavy (non-hydrogen) atoms. The van der Waals surface area contributed by atoms with E-state index in [4.69, 9.17) is 10.5 Å². The Labute approximate surface area is 100 Å². The molecule has 0 amide bonds. The zero-order valence-corrected chi connectivity index (χ0v) is 9.76. The molecule has 2 aromatic rings. The van der Waals surface area contributed by atoms with Gasteiger partial charge in [0.1, 0.15) is 5.75 Å². The minimum atomic E-state index is 0.690. The largest absolute Gasteiger partial charge is 0.497 e. The normalized spacial score (nSPS) is 10.2. The van der Waals surface area contributed by atoms with Crippen LogP contribution in [0.5, 0.6) is 5.75 Å². The lowest BCUT2D eigenvalue weighted by molar-refractivity contribution is 0.415. The highest BCUT2D eigenvalue weighted by molar-refractivity contribution is 5.68. The molecule has 90 valence electrons. The predicted octanol–water partition coefficient (Wildman–Crippen LogP) is 1.59. The van der Waals surface area contributed by atoms with Crippen molar-refractivity contribution in [3.63, 3.8) is 0 Å². The van der Waals surface area contributed by atoms with Crippen LogP contribution in [0.1, 0.15) is 0 Å². The van der Waals surface area contributed by atoms with E-state index < -0.39 is 0 Å². The first-order valence-electron chi connectivity index (χ1n) is 5.42. The first kappa shape index (κ1) is 11.3. The molecule has 5 heteroatoms. The van der Waals surface area contributed by atoms with Crippen LogP contribution in [0, 0.1) is 0 Å². The zero-order valence-electron chi connectivity index (χ0n) is 9.76. The van der Waals surface area contributed by atoms with Crippen LogP contribution in [0.3, 0.4) is 0 Å². The van der Waals surface area contributed by atoms with Crippen LogP contribution in [0.2, 0.25) is 0 Å². The van der Waals surface area contributed by atoms with E-state index in [1.165, 1.54) is 0 Å². The number of anilines is 2. The molecule has 0 fully saturated rings. The third-order valence-electron chi connectivity index (χ3n) is 2.50. The van der Waals surface area contributed by atoms with E-state index in [0.29, 0.717) is 5.69 Å². The molecule has 1 heterocycles. The number of aromatic nitrogens is 2. The van der Waals surface area contributed by atoms with Gasteiger partial charge in [-0.05, 0) is 12.1 Å². The summed E-state index contributed by atoms with van der Waals surface area (Å²) >= 11 is 0. The van der Waals surface area contributed by atoms with E-state index in [1.54, 1.807) is 25.7 Å². The van der Waals surface area contributed by atoms with Gasteiger partial charge in [-0.15, -0.1) is 0 Å². The third kappa shape index (κ3) is 2.90. The van der Waals surface area contributed by atoms with Crippen molar-refractivity contribution in [1.82, 2.24) is 9.55 Å². The number of nitrogens with zero attached hydrogens (tertiary/aromatic N) is 2. The fourth-order valence-corrected chi connectivity index (χ4v) is 1.57. The van der Waals surface area contributed by atoms with Gasteiger partial charge in [-0.25, -0.2) is 4.98 Å². The monoisotopic (exact) mass is 232 g/mol. The second-order valence-corrected chi connectivity index (χ2v) is 3.68. The lowest BCUT2D eigenvalue weighted by Crippen LogP contribution is -2.10. The Kier molecular flexibility index (Phi) is 3.49. The zero-order chi connectivity index (χ0) is 12.1. The van der Waals surface area contributed by atoms with E-state index in [-0.39, 0.29) is 0 Å². The third-order valence-corrected chi connectivity index (χ3v) is 2.50. The number of nitrogen functional groups attached to an aromatic ring is 1. The van der Waals surface area contributed by atoms with E-state index in [2.05, 4.69) is 10.3 Å². The van der Waals surface area contributed by atoms with Crippen molar-refractivity contribution in [2.75, 3.05) is 24.7 Å². The maximum atomic E-state index is 5.89. The number of methoxy groups -OCH3 is 1. The van der Waals surface area contributed by atoms with Gasteiger partial charge in [0.05, 0.1) is 24.8 Å². The van der Waals surface area contributed by atoms with Crippen LogP contribution in [0.25, 0.3) is 0 Å². The van der Waals surface area contributed by atoms with Crippen LogP contribution in [0.15, 0.2) is 36.9 Å². The number of imidazole rings is 1. The topological polar surface area (TPSA) is 65.1 Å². The molecule has 0 radical (unpaired) electrons. The van der Waals surface area contributed by atoms with Crippen LogP contribution in [-0.2, 0) is 6.54 Å². The Hall–Kier alpha value is -2.17. The van der Waals surface area contributed by atoms with Crippen molar-refractivity contribution in [2.45, 2.75) is 6.54 Å². The van der Waals surface area contributed by atoms with E-state index in [9.17, 15) is 0 Å². The summed E-state index contributed by atoms with van der Waals surface area (Å²) in [6.07, 6.45) is 5.49. The summed E-state index contributed by atoms with van der Waals surface area (Å²) in [6.45, 7) is 1.65. The quantitative estimate of drug-likeness (QED) is 0.768. The highest BCUT2D eigenvalue weighted by Gasteiger charge is 2.00. The van der Waals surface area contributed by atoms with Crippen LogP contribution >= 0.6 is 0 Å². The van der Waals surface area contributed by atoms with Crippen molar-refractivity contribution in [3.05, 3.63) is 36.9 Å². The van der Waals surface area contributed by atoms with Gasteiger partial charge in [-0.1, -0.05) is 0 Å². The number of nitrogens with two attached hydrogens (primary N) is 1. The molecular formula is C12H16N4O. The summed E-state index contributed by atoms with van der Waals surface area (Å²) in [4.78, 5) is 3.98. The van der Waals surface area contributed by atoms with E-state index in [1.807, 2.05) is 22.9 Å². The molecule has 0 spiro atoms. The highest BCUT2D eigenvalue weighted by atomic mass is 16.5. The number of ether oxygens (including phenoxy) is 1. The molecule has 5 nitrogen and oxygen atoms in total. The average molecular weight is 232 g/mol. The van der Waals surface area contributed by atoms with Crippen LogP contribution in [-0.4, -0.2) is 23.2 Å². The van der Waals surface area contributed by atoms with Crippen molar-refractivity contribution < 1.29 is 4.74 Å². The minimum Gasteiger partial charge on any atom is -0.497 e. The number of rotatable bonds is 5. The molecule has 0 bridgehead atoms. The number of hydrogen-bond acceptors (Lipinski definition) is 4. The van der Waals surface area contributed by atoms with E-state index >= 15 is 0 Å². The van der Waals surface area contributed by atoms with Gasteiger partial charge >= 0.3 is 0 Å². The second-order valence-electron chi connectivity index (χ2n) is 3.68. The predicted molar refractivity (Wildman–Crippen MR) is 68.1 cm³/mol. The van der Waals surface area contributed by atoms with Crippen molar-refractivity contribution in [1.29, 1.82) is 0 Å². The van der Waals surface area contributed by atoms with Gasteiger partial charge in [0.25, 0.3) is 0 Å².